The van der Waals surface area contributed by atoms with E-state index < -0.39 is 10.0 Å². The van der Waals surface area contributed by atoms with Crippen molar-refractivity contribution in [2.24, 2.45) is 10.2 Å². The summed E-state index contributed by atoms with van der Waals surface area (Å²) < 4.78 is 29.7. The van der Waals surface area contributed by atoms with Crippen LogP contribution in [-0.4, -0.2) is 28.6 Å². The summed E-state index contributed by atoms with van der Waals surface area (Å²) in [4.78, 5) is 1.91. The Bertz CT molecular complexity index is 1270. The number of aromatic nitrogens is 1. The number of nitrogens with one attached hydrogen (secondary N) is 1. The van der Waals surface area contributed by atoms with Crippen molar-refractivity contribution in [2.45, 2.75) is 17.9 Å². The van der Waals surface area contributed by atoms with Gasteiger partial charge in [-0.3, -0.25) is 0 Å². The molecule has 1 aromatic heterocycles. The number of pyridine rings is 1. The summed E-state index contributed by atoms with van der Waals surface area (Å²) >= 11 is 12.6. The zero-order valence-electron chi connectivity index (χ0n) is 18.4. The summed E-state index contributed by atoms with van der Waals surface area (Å²) in [7, 11) is -1.91. The number of rotatable bonds is 10. The minimum atomic E-state index is -3.81. The zero-order chi connectivity index (χ0) is 24.6. The number of halogens is 2. The lowest BCUT2D eigenvalue weighted by molar-refractivity contribution is -0.694. The van der Waals surface area contributed by atoms with E-state index in [1.165, 1.54) is 12.1 Å². The van der Waals surface area contributed by atoms with Crippen molar-refractivity contribution in [1.29, 1.82) is 5.26 Å². The Balaban J connectivity index is 1.69. The lowest BCUT2D eigenvalue weighted by atomic mass is 10.2. The third-order valence-electron chi connectivity index (χ3n) is 4.86. The van der Waals surface area contributed by atoms with Gasteiger partial charge in [0.2, 0.25) is 10.0 Å². The molecule has 34 heavy (non-hydrogen) atoms. The Morgan fingerprint density at radius 2 is 1.71 bits per heavy atom. The summed E-state index contributed by atoms with van der Waals surface area (Å²) in [6.45, 7) is 1.30. The molecule has 0 spiro atoms. The normalized spacial score (nSPS) is 11.5. The van der Waals surface area contributed by atoms with Gasteiger partial charge in [-0.25, -0.2) is 17.7 Å². The molecule has 0 aliphatic carbocycles. The van der Waals surface area contributed by atoms with Gasteiger partial charge in [0.05, 0.1) is 39.7 Å². The average molecular weight is 518 g/mol. The van der Waals surface area contributed by atoms with Gasteiger partial charge in [0.15, 0.2) is 18.9 Å². The van der Waals surface area contributed by atoms with Crippen LogP contribution in [-0.2, 0) is 16.6 Å². The first-order valence-electron chi connectivity index (χ1n) is 10.3. The molecule has 0 fully saturated rings. The molecule has 1 N–H and O–H groups in total. The number of nitrogens with zero attached hydrogens (tertiary/aromatic N) is 5. The molecule has 3 rings (SSSR count). The summed E-state index contributed by atoms with van der Waals surface area (Å²) in [5.41, 5.74) is 1.69. The fourth-order valence-corrected chi connectivity index (χ4v) is 4.76. The van der Waals surface area contributed by atoms with Crippen molar-refractivity contribution >= 4 is 50.3 Å². The average Bonchev–Trinajstić information content (AvgIpc) is 2.83. The second-order valence-electron chi connectivity index (χ2n) is 7.29. The maximum Gasteiger partial charge on any atom is 0.240 e. The van der Waals surface area contributed by atoms with Crippen molar-refractivity contribution in [3.63, 3.8) is 0 Å². The van der Waals surface area contributed by atoms with Gasteiger partial charge in [0.25, 0.3) is 0 Å². The van der Waals surface area contributed by atoms with Crippen LogP contribution in [0.3, 0.4) is 0 Å². The Kier molecular flexibility index (Phi) is 8.96. The summed E-state index contributed by atoms with van der Waals surface area (Å²) in [5, 5.41) is 17.1. The highest BCUT2D eigenvalue weighted by Crippen LogP contribution is 2.36. The molecule has 0 aliphatic rings. The highest BCUT2D eigenvalue weighted by molar-refractivity contribution is 7.89. The van der Waals surface area contributed by atoms with Gasteiger partial charge >= 0.3 is 0 Å². The molecule has 3 aromatic rings. The lowest BCUT2D eigenvalue weighted by Gasteiger charge is -2.17. The molecule has 0 saturated carbocycles. The van der Waals surface area contributed by atoms with Crippen molar-refractivity contribution in [3.05, 3.63) is 77.0 Å². The number of azo groups is 1. The molecule has 11 heteroatoms. The molecule has 0 atom stereocenters. The SMILES string of the molecule is CN(CCC#N)c1ccc(N=Nc2c(Cl)cc(S(=O)(=O)NCC[n+]3ccccc3)cc2Cl)cc1. The number of anilines is 1. The Labute approximate surface area is 209 Å². The molecule has 2 aromatic carbocycles. The van der Waals surface area contributed by atoms with Crippen LogP contribution in [0.15, 0.2) is 82.1 Å². The molecule has 0 saturated heterocycles. The van der Waals surface area contributed by atoms with Crippen LogP contribution >= 0.6 is 23.2 Å². The topological polar surface area (TPSA) is 102 Å². The van der Waals surface area contributed by atoms with Gasteiger partial charge in [0.1, 0.15) is 5.69 Å². The number of sulfonamides is 1. The smallest absolute Gasteiger partial charge is 0.240 e. The third-order valence-corrected chi connectivity index (χ3v) is 6.87. The highest BCUT2D eigenvalue weighted by Gasteiger charge is 2.19. The molecule has 0 aliphatic heterocycles. The van der Waals surface area contributed by atoms with E-state index in [1.807, 2.05) is 59.2 Å². The van der Waals surface area contributed by atoms with Crippen LogP contribution in [0.25, 0.3) is 0 Å². The number of benzene rings is 2. The van der Waals surface area contributed by atoms with E-state index in [2.05, 4.69) is 21.0 Å². The van der Waals surface area contributed by atoms with Crippen LogP contribution in [0.1, 0.15) is 6.42 Å². The predicted molar refractivity (Wildman–Crippen MR) is 132 cm³/mol. The number of hydrogen-bond acceptors (Lipinski definition) is 6. The Hall–Kier alpha value is -3.03. The fraction of sp³-hybridized carbons (Fsp3) is 0.217. The van der Waals surface area contributed by atoms with Crippen LogP contribution in [0.5, 0.6) is 0 Å². The van der Waals surface area contributed by atoms with E-state index in [-0.39, 0.29) is 27.2 Å². The van der Waals surface area contributed by atoms with Crippen LogP contribution in [0.4, 0.5) is 17.1 Å². The van der Waals surface area contributed by atoms with E-state index in [0.717, 1.165) is 5.69 Å². The first kappa shape index (κ1) is 25.6. The van der Waals surface area contributed by atoms with Crippen LogP contribution in [0, 0.1) is 11.3 Å². The quantitative estimate of drug-likeness (QED) is 0.301. The Morgan fingerprint density at radius 1 is 1.06 bits per heavy atom. The van der Waals surface area contributed by atoms with E-state index in [4.69, 9.17) is 28.5 Å². The minimum Gasteiger partial charge on any atom is -0.374 e. The van der Waals surface area contributed by atoms with Gasteiger partial charge in [-0.05, 0) is 36.4 Å². The van der Waals surface area contributed by atoms with Gasteiger partial charge in [-0.2, -0.15) is 10.4 Å². The second kappa shape index (κ2) is 11.9. The molecular formula is C23H23Cl2N6O2S+. The second-order valence-corrected chi connectivity index (χ2v) is 9.87. The lowest BCUT2D eigenvalue weighted by Crippen LogP contribution is -2.39. The fourth-order valence-electron chi connectivity index (χ4n) is 3.00. The van der Waals surface area contributed by atoms with Crippen molar-refractivity contribution in [1.82, 2.24) is 4.72 Å². The van der Waals surface area contributed by atoms with Crippen LogP contribution in [0.2, 0.25) is 10.0 Å². The van der Waals surface area contributed by atoms with Crippen LogP contribution < -0.4 is 14.2 Å². The van der Waals surface area contributed by atoms with E-state index in [1.54, 1.807) is 12.1 Å². The minimum absolute atomic E-state index is 0.0516. The summed E-state index contributed by atoms with van der Waals surface area (Å²) in [6, 6.07) is 17.6. The van der Waals surface area contributed by atoms with Gasteiger partial charge < -0.3 is 4.90 Å². The molecule has 0 unspecified atom stereocenters. The number of nitriles is 1. The molecule has 8 nitrogen and oxygen atoms in total. The highest BCUT2D eigenvalue weighted by atomic mass is 35.5. The molecule has 1 heterocycles. The Morgan fingerprint density at radius 3 is 2.32 bits per heavy atom. The monoisotopic (exact) mass is 517 g/mol. The molecule has 0 bridgehead atoms. The van der Waals surface area contributed by atoms with Gasteiger partial charge in [-0.15, -0.1) is 5.11 Å². The van der Waals surface area contributed by atoms with E-state index in [0.29, 0.717) is 25.2 Å². The first-order valence-corrected chi connectivity index (χ1v) is 12.6. The molecule has 0 radical (unpaired) electrons. The maximum atomic E-state index is 12.7. The van der Waals surface area contributed by atoms with Gasteiger partial charge in [0, 0.05) is 31.4 Å². The standard InChI is InChI=1S/C23H23Cl2N6O2S/c1-30(12-5-10-26)19-8-6-18(7-9-19)28-29-23-21(24)16-20(17-22(23)25)34(32,33)27-11-15-31-13-3-2-4-14-31/h2-4,6-9,13-14,16-17,27H,5,11-12,15H2,1H3/q+1. The van der Waals surface area contributed by atoms with Crippen molar-refractivity contribution in [2.75, 3.05) is 25.0 Å². The molecular weight excluding hydrogens is 495 g/mol. The first-order chi connectivity index (χ1) is 16.3. The summed E-state index contributed by atoms with van der Waals surface area (Å²) in [5.74, 6) is 0. The van der Waals surface area contributed by atoms with E-state index in [9.17, 15) is 8.42 Å². The zero-order valence-corrected chi connectivity index (χ0v) is 20.7. The predicted octanol–water partition coefficient (Wildman–Crippen LogP) is 5.02. The third kappa shape index (κ3) is 6.98. The summed E-state index contributed by atoms with van der Waals surface area (Å²) in [6.07, 6.45) is 4.13. The largest absolute Gasteiger partial charge is 0.374 e. The van der Waals surface area contributed by atoms with Crippen molar-refractivity contribution in [3.8, 4) is 6.07 Å². The number of hydrogen-bond donors (Lipinski definition) is 1. The van der Waals surface area contributed by atoms with E-state index >= 15 is 0 Å². The molecule has 176 valence electrons. The van der Waals surface area contributed by atoms with Crippen molar-refractivity contribution < 1.29 is 13.0 Å². The maximum absolute atomic E-state index is 12.7. The molecule has 0 amide bonds. The van der Waals surface area contributed by atoms with Gasteiger partial charge in [-0.1, -0.05) is 29.3 Å².